The highest BCUT2D eigenvalue weighted by atomic mass is 16.5. The van der Waals surface area contributed by atoms with Crippen LogP contribution in [-0.2, 0) is 4.74 Å². The SMILES string of the molecule is CCOC(=O)c1nc2ccccn2c1N=Nc1ccc(C)cc1C. The van der Waals surface area contributed by atoms with Crippen molar-refractivity contribution in [1.82, 2.24) is 9.38 Å². The quantitative estimate of drug-likeness (QED) is 0.523. The van der Waals surface area contributed by atoms with Gasteiger partial charge in [0.2, 0.25) is 0 Å². The van der Waals surface area contributed by atoms with Gasteiger partial charge in [-0.25, -0.2) is 9.78 Å². The van der Waals surface area contributed by atoms with E-state index in [1.54, 1.807) is 23.6 Å². The van der Waals surface area contributed by atoms with Crippen molar-refractivity contribution >= 4 is 23.1 Å². The molecule has 1 aromatic carbocycles. The average Bonchev–Trinajstić information content (AvgIpc) is 2.93. The third kappa shape index (κ3) is 3.03. The lowest BCUT2D eigenvalue weighted by molar-refractivity contribution is 0.0521. The highest BCUT2D eigenvalue weighted by molar-refractivity contribution is 5.93. The molecule has 0 fully saturated rings. The van der Waals surface area contributed by atoms with Crippen molar-refractivity contribution in [3.8, 4) is 0 Å². The van der Waals surface area contributed by atoms with Crippen molar-refractivity contribution in [3.05, 3.63) is 59.4 Å². The molecule has 0 aliphatic carbocycles. The van der Waals surface area contributed by atoms with Gasteiger partial charge < -0.3 is 4.74 Å². The number of azo groups is 1. The third-order valence-corrected chi connectivity index (χ3v) is 3.58. The summed E-state index contributed by atoms with van der Waals surface area (Å²) in [5, 5.41) is 8.58. The average molecular weight is 322 g/mol. The van der Waals surface area contributed by atoms with Gasteiger partial charge in [0, 0.05) is 6.20 Å². The Balaban J connectivity index is 2.08. The zero-order valence-corrected chi connectivity index (χ0v) is 13.9. The van der Waals surface area contributed by atoms with E-state index in [9.17, 15) is 4.79 Å². The van der Waals surface area contributed by atoms with Crippen molar-refractivity contribution in [2.75, 3.05) is 6.61 Å². The van der Waals surface area contributed by atoms with Gasteiger partial charge in [-0.2, -0.15) is 0 Å². The summed E-state index contributed by atoms with van der Waals surface area (Å²) < 4.78 is 6.79. The highest BCUT2D eigenvalue weighted by Crippen LogP contribution is 2.26. The van der Waals surface area contributed by atoms with Gasteiger partial charge >= 0.3 is 5.97 Å². The smallest absolute Gasteiger partial charge is 0.360 e. The number of nitrogens with zero attached hydrogens (tertiary/aromatic N) is 4. The lowest BCUT2D eigenvalue weighted by Gasteiger charge is -2.01. The van der Waals surface area contributed by atoms with Crippen LogP contribution >= 0.6 is 0 Å². The predicted octanol–water partition coefficient (Wildman–Crippen LogP) is 4.54. The van der Waals surface area contributed by atoms with Gasteiger partial charge in [-0.15, -0.1) is 10.2 Å². The number of ether oxygens (including phenoxy) is 1. The fraction of sp³-hybridized carbons (Fsp3) is 0.222. The number of aromatic nitrogens is 2. The zero-order valence-electron chi connectivity index (χ0n) is 13.9. The molecule has 0 unspecified atom stereocenters. The Hall–Kier alpha value is -3.02. The Morgan fingerprint density at radius 2 is 2.04 bits per heavy atom. The van der Waals surface area contributed by atoms with Crippen molar-refractivity contribution in [2.45, 2.75) is 20.8 Å². The van der Waals surface area contributed by atoms with Crippen LogP contribution in [0.3, 0.4) is 0 Å². The molecule has 6 nitrogen and oxygen atoms in total. The Labute approximate surface area is 139 Å². The fourth-order valence-corrected chi connectivity index (χ4v) is 2.43. The molecule has 0 aliphatic rings. The maximum atomic E-state index is 12.2. The monoisotopic (exact) mass is 322 g/mol. The van der Waals surface area contributed by atoms with Gasteiger partial charge in [0.15, 0.2) is 11.5 Å². The Bertz CT molecular complexity index is 928. The van der Waals surface area contributed by atoms with Crippen molar-refractivity contribution < 1.29 is 9.53 Å². The molecule has 3 rings (SSSR count). The number of esters is 1. The maximum absolute atomic E-state index is 12.2. The van der Waals surface area contributed by atoms with Gasteiger partial charge in [-0.05, 0) is 44.5 Å². The number of benzene rings is 1. The predicted molar refractivity (Wildman–Crippen MR) is 91.2 cm³/mol. The summed E-state index contributed by atoms with van der Waals surface area (Å²) in [6.45, 7) is 6.03. The minimum atomic E-state index is -0.504. The standard InChI is InChI=1S/C18H18N4O2/c1-4-24-18(23)16-17(22-10-6-5-7-15(22)19-16)21-20-14-9-8-12(2)11-13(14)3/h5-11H,4H2,1-3H3. The van der Waals surface area contributed by atoms with E-state index in [2.05, 4.69) is 15.2 Å². The molecule has 6 heteroatoms. The summed E-state index contributed by atoms with van der Waals surface area (Å²) in [7, 11) is 0. The number of imidazole rings is 1. The fourth-order valence-electron chi connectivity index (χ4n) is 2.43. The summed E-state index contributed by atoms with van der Waals surface area (Å²) in [5.41, 5.74) is 3.71. The van der Waals surface area contributed by atoms with E-state index in [0.717, 1.165) is 16.8 Å². The largest absolute Gasteiger partial charge is 0.461 e. The van der Waals surface area contributed by atoms with Crippen molar-refractivity contribution in [2.24, 2.45) is 10.2 Å². The van der Waals surface area contributed by atoms with Crippen LogP contribution in [0.25, 0.3) is 5.65 Å². The molecule has 0 atom stereocenters. The van der Waals surface area contributed by atoms with Gasteiger partial charge in [0.25, 0.3) is 0 Å². The summed E-state index contributed by atoms with van der Waals surface area (Å²) in [5.74, 6) is -0.139. The molecule has 0 aliphatic heterocycles. The number of hydrogen-bond acceptors (Lipinski definition) is 5. The molecule has 0 spiro atoms. The van der Waals surface area contributed by atoms with Crippen LogP contribution in [0.2, 0.25) is 0 Å². The Kier molecular flexibility index (Phi) is 4.37. The number of rotatable bonds is 4. The molecule has 2 aromatic heterocycles. The van der Waals surface area contributed by atoms with E-state index in [-0.39, 0.29) is 12.3 Å². The number of carbonyl (C=O) groups excluding carboxylic acids is 1. The summed E-state index contributed by atoms with van der Waals surface area (Å²) >= 11 is 0. The van der Waals surface area contributed by atoms with Crippen molar-refractivity contribution in [3.63, 3.8) is 0 Å². The lowest BCUT2D eigenvalue weighted by atomic mass is 10.1. The Morgan fingerprint density at radius 1 is 1.21 bits per heavy atom. The minimum Gasteiger partial charge on any atom is -0.461 e. The number of hydrogen-bond donors (Lipinski definition) is 0. The zero-order chi connectivity index (χ0) is 17.1. The topological polar surface area (TPSA) is 68.3 Å². The molecule has 24 heavy (non-hydrogen) atoms. The molecule has 0 amide bonds. The number of aryl methyl sites for hydroxylation is 2. The van der Waals surface area contributed by atoms with Gasteiger partial charge in [0.05, 0.1) is 12.3 Å². The van der Waals surface area contributed by atoms with E-state index in [1.165, 1.54) is 0 Å². The van der Waals surface area contributed by atoms with E-state index in [0.29, 0.717) is 11.5 Å². The first-order valence-corrected chi connectivity index (χ1v) is 7.73. The second-order valence-electron chi connectivity index (χ2n) is 5.42. The highest BCUT2D eigenvalue weighted by Gasteiger charge is 2.20. The molecule has 0 N–H and O–H groups in total. The van der Waals surface area contributed by atoms with E-state index in [4.69, 9.17) is 4.74 Å². The number of fused-ring (bicyclic) bond motifs is 1. The van der Waals surface area contributed by atoms with E-state index < -0.39 is 5.97 Å². The first kappa shape index (κ1) is 15.9. The van der Waals surface area contributed by atoms with Gasteiger partial charge in [-0.1, -0.05) is 23.8 Å². The molecule has 3 aromatic rings. The first-order valence-electron chi connectivity index (χ1n) is 7.73. The van der Waals surface area contributed by atoms with E-state index >= 15 is 0 Å². The van der Waals surface area contributed by atoms with Crippen molar-refractivity contribution in [1.29, 1.82) is 0 Å². The van der Waals surface area contributed by atoms with Crippen LogP contribution < -0.4 is 0 Å². The van der Waals surface area contributed by atoms with Crippen LogP contribution in [0.1, 0.15) is 28.5 Å². The van der Waals surface area contributed by atoms with Crippen LogP contribution in [-0.4, -0.2) is 22.0 Å². The third-order valence-electron chi connectivity index (χ3n) is 3.58. The summed E-state index contributed by atoms with van der Waals surface area (Å²) in [6, 6.07) is 11.4. The molecule has 0 saturated heterocycles. The van der Waals surface area contributed by atoms with Crippen LogP contribution in [0.4, 0.5) is 11.5 Å². The molecule has 0 saturated carbocycles. The molecule has 0 radical (unpaired) electrons. The van der Waals surface area contributed by atoms with Crippen LogP contribution in [0.15, 0.2) is 52.8 Å². The maximum Gasteiger partial charge on any atom is 0.360 e. The normalized spacial score (nSPS) is 11.3. The molecule has 122 valence electrons. The molecule has 0 bridgehead atoms. The second kappa shape index (κ2) is 6.62. The number of pyridine rings is 1. The summed E-state index contributed by atoms with van der Waals surface area (Å²) in [6.07, 6.45) is 1.79. The second-order valence-corrected chi connectivity index (χ2v) is 5.42. The van der Waals surface area contributed by atoms with Gasteiger partial charge in [0.1, 0.15) is 5.65 Å². The first-order chi connectivity index (χ1) is 11.6. The molecular weight excluding hydrogens is 304 g/mol. The van der Waals surface area contributed by atoms with Crippen LogP contribution in [0.5, 0.6) is 0 Å². The van der Waals surface area contributed by atoms with E-state index in [1.807, 2.05) is 44.2 Å². The molecular formula is C18H18N4O2. The summed E-state index contributed by atoms with van der Waals surface area (Å²) in [4.78, 5) is 16.5. The lowest BCUT2D eigenvalue weighted by Crippen LogP contribution is -2.05. The number of carbonyl (C=O) groups is 1. The Morgan fingerprint density at radius 3 is 2.79 bits per heavy atom. The van der Waals surface area contributed by atoms with Crippen LogP contribution in [0, 0.1) is 13.8 Å². The molecule has 2 heterocycles. The van der Waals surface area contributed by atoms with Gasteiger partial charge in [-0.3, -0.25) is 4.40 Å². The minimum absolute atomic E-state index is 0.163.